The Morgan fingerprint density at radius 1 is 0.333 bits per heavy atom. The van der Waals surface area contributed by atoms with Gasteiger partial charge < -0.3 is 0 Å². The summed E-state index contributed by atoms with van der Waals surface area (Å²) in [5.74, 6) is 0. The Morgan fingerprint density at radius 2 is 0.444 bits per heavy atom. The number of halogens is 2. The van der Waals surface area contributed by atoms with Crippen LogP contribution < -0.4 is 0 Å². The molecule has 0 bridgehead atoms. The first-order valence-corrected chi connectivity index (χ1v) is 3.50. The molecular formula is C7H16Br2. The predicted octanol–water partition coefficient (Wildman–Crippen LogP) is 3.89. The largest absolute Gasteiger partial charge is 0.114 e. The summed E-state index contributed by atoms with van der Waals surface area (Å²) in [4.78, 5) is 0. The first-order valence-electron chi connectivity index (χ1n) is 3.50. The van der Waals surface area contributed by atoms with Crippen LogP contribution in [0, 0.1) is 0 Å². The molecule has 1 aliphatic carbocycles. The van der Waals surface area contributed by atoms with E-state index in [4.69, 9.17) is 0 Å². The smallest absolute Gasteiger partial charge is 0.0533 e. The lowest BCUT2D eigenvalue weighted by molar-refractivity contribution is 0.702. The molecule has 0 aromatic heterocycles. The van der Waals surface area contributed by atoms with Crippen molar-refractivity contribution in [2.75, 3.05) is 0 Å². The monoisotopic (exact) mass is 258 g/mol. The van der Waals surface area contributed by atoms with Gasteiger partial charge in [0.05, 0.1) is 0 Å². The molecule has 9 heavy (non-hydrogen) atoms. The molecule has 58 valence electrons. The average Bonchev–Trinajstić information content (AvgIpc) is 1.90. The van der Waals surface area contributed by atoms with Gasteiger partial charge in [0.15, 0.2) is 0 Å². The van der Waals surface area contributed by atoms with Crippen molar-refractivity contribution in [2.45, 2.75) is 44.9 Å². The van der Waals surface area contributed by atoms with E-state index in [1.165, 1.54) is 44.9 Å². The van der Waals surface area contributed by atoms with Crippen molar-refractivity contribution in [1.29, 1.82) is 0 Å². The van der Waals surface area contributed by atoms with Crippen molar-refractivity contribution in [2.24, 2.45) is 0 Å². The van der Waals surface area contributed by atoms with Crippen molar-refractivity contribution < 1.29 is 0 Å². The van der Waals surface area contributed by atoms with Crippen LogP contribution in [0.4, 0.5) is 0 Å². The van der Waals surface area contributed by atoms with Crippen molar-refractivity contribution in [3.05, 3.63) is 0 Å². The SMILES string of the molecule is Br.Br.C1CCCCCC1. The molecule has 2 heteroatoms. The van der Waals surface area contributed by atoms with Gasteiger partial charge in [-0.1, -0.05) is 44.9 Å². The predicted molar refractivity (Wildman–Crippen MR) is 53.0 cm³/mol. The van der Waals surface area contributed by atoms with E-state index in [2.05, 4.69) is 0 Å². The molecule has 0 nitrogen and oxygen atoms in total. The second kappa shape index (κ2) is 8.96. The van der Waals surface area contributed by atoms with E-state index in [0.717, 1.165) is 0 Å². The van der Waals surface area contributed by atoms with Crippen LogP contribution in [0.1, 0.15) is 44.9 Å². The summed E-state index contributed by atoms with van der Waals surface area (Å²) in [6.45, 7) is 0. The molecule has 0 N–H and O–H groups in total. The van der Waals surface area contributed by atoms with Gasteiger partial charge in [0.2, 0.25) is 0 Å². The molecule has 0 radical (unpaired) electrons. The normalized spacial score (nSPS) is 18.7. The lowest BCUT2D eigenvalue weighted by atomic mass is 10.2. The highest BCUT2D eigenvalue weighted by Gasteiger charge is 1.95. The van der Waals surface area contributed by atoms with Crippen LogP contribution in [-0.2, 0) is 0 Å². The Bertz CT molecular complexity index is 26.5. The van der Waals surface area contributed by atoms with Gasteiger partial charge in [-0.15, -0.1) is 34.0 Å². The molecule has 1 fully saturated rings. The summed E-state index contributed by atoms with van der Waals surface area (Å²) in [6, 6.07) is 0. The Balaban J connectivity index is 0. The van der Waals surface area contributed by atoms with Gasteiger partial charge in [0, 0.05) is 0 Å². The van der Waals surface area contributed by atoms with Crippen LogP contribution >= 0.6 is 34.0 Å². The molecular weight excluding hydrogens is 244 g/mol. The van der Waals surface area contributed by atoms with Crippen LogP contribution in [0.15, 0.2) is 0 Å². The zero-order valence-electron chi connectivity index (χ0n) is 5.77. The Kier molecular flexibility index (Phi) is 12.6. The third kappa shape index (κ3) is 6.85. The van der Waals surface area contributed by atoms with Crippen LogP contribution in [0.25, 0.3) is 0 Å². The highest BCUT2D eigenvalue weighted by molar-refractivity contribution is 8.93. The molecule has 0 unspecified atom stereocenters. The summed E-state index contributed by atoms with van der Waals surface area (Å²) >= 11 is 0. The molecule has 1 saturated carbocycles. The molecule has 0 aromatic carbocycles. The number of rotatable bonds is 0. The van der Waals surface area contributed by atoms with E-state index in [1.807, 2.05) is 0 Å². The van der Waals surface area contributed by atoms with Gasteiger partial charge in [0.25, 0.3) is 0 Å². The van der Waals surface area contributed by atoms with Gasteiger partial charge in [0.1, 0.15) is 0 Å². The Morgan fingerprint density at radius 3 is 0.556 bits per heavy atom. The standard InChI is InChI=1S/C7H14.2BrH/c1-2-4-6-7-5-3-1;;/h1-7H2;2*1H. The van der Waals surface area contributed by atoms with Gasteiger partial charge in [-0.2, -0.15) is 0 Å². The average molecular weight is 260 g/mol. The molecule has 0 heterocycles. The van der Waals surface area contributed by atoms with E-state index in [-0.39, 0.29) is 34.0 Å². The second-order valence-corrected chi connectivity index (χ2v) is 2.47. The summed E-state index contributed by atoms with van der Waals surface area (Å²) in [7, 11) is 0. The van der Waals surface area contributed by atoms with E-state index < -0.39 is 0 Å². The third-order valence-electron chi connectivity index (χ3n) is 1.75. The topological polar surface area (TPSA) is 0 Å². The van der Waals surface area contributed by atoms with Crippen LogP contribution in [0.3, 0.4) is 0 Å². The fourth-order valence-corrected chi connectivity index (χ4v) is 1.24. The lowest BCUT2D eigenvalue weighted by Crippen LogP contribution is -1.66. The van der Waals surface area contributed by atoms with E-state index in [1.54, 1.807) is 0 Å². The minimum atomic E-state index is 0. The highest BCUT2D eigenvalue weighted by Crippen LogP contribution is 2.15. The van der Waals surface area contributed by atoms with Crippen molar-refractivity contribution in [1.82, 2.24) is 0 Å². The van der Waals surface area contributed by atoms with E-state index >= 15 is 0 Å². The third-order valence-corrected chi connectivity index (χ3v) is 1.75. The Labute approximate surface area is 78.9 Å². The maximum atomic E-state index is 1.50. The Hall–Kier alpha value is 0.960. The van der Waals surface area contributed by atoms with Gasteiger partial charge in [-0.3, -0.25) is 0 Å². The molecule has 0 aliphatic heterocycles. The fourth-order valence-electron chi connectivity index (χ4n) is 1.24. The van der Waals surface area contributed by atoms with Crippen LogP contribution in [0.2, 0.25) is 0 Å². The molecule has 0 spiro atoms. The number of hydrogen-bond acceptors (Lipinski definition) is 0. The van der Waals surface area contributed by atoms with Crippen LogP contribution in [-0.4, -0.2) is 0 Å². The van der Waals surface area contributed by atoms with Gasteiger partial charge in [-0.25, -0.2) is 0 Å². The molecule has 1 aliphatic rings. The quantitative estimate of drug-likeness (QED) is 0.579. The van der Waals surface area contributed by atoms with Crippen molar-refractivity contribution in [3.8, 4) is 0 Å². The minimum absolute atomic E-state index is 0. The molecule has 0 amide bonds. The summed E-state index contributed by atoms with van der Waals surface area (Å²) in [6.07, 6.45) is 10.5. The zero-order chi connectivity index (χ0) is 4.95. The van der Waals surface area contributed by atoms with E-state index in [9.17, 15) is 0 Å². The molecule has 0 saturated heterocycles. The van der Waals surface area contributed by atoms with Crippen molar-refractivity contribution in [3.63, 3.8) is 0 Å². The summed E-state index contributed by atoms with van der Waals surface area (Å²) in [5, 5.41) is 0. The van der Waals surface area contributed by atoms with Gasteiger partial charge >= 0.3 is 0 Å². The molecule has 1 rings (SSSR count). The summed E-state index contributed by atoms with van der Waals surface area (Å²) < 4.78 is 0. The zero-order valence-corrected chi connectivity index (χ0v) is 9.19. The van der Waals surface area contributed by atoms with Crippen LogP contribution in [0.5, 0.6) is 0 Å². The lowest BCUT2D eigenvalue weighted by Gasteiger charge is -1.85. The minimum Gasteiger partial charge on any atom is -0.114 e. The fraction of sp³-hybridized carbons (Fsp3) is 1.00. The molecule has 0 aromatic rings. The maximum Gasteiger partial charge on any atom is -0.0533 e. The maximum absolute atomic E-state index is 1.50. The van der Waals surface area contributed by atoms with E-state index in [0.29, 0.717) is 0 Å². The van der Waals surface area contributed by atoms with Crippen molar-refractivity contribution >= 4 is 34.0 Å². The summed E-state index contributed by atoms with van der Waals surface area (Å²) in [5.41, 5.74) is 0. The highest BCUT2D eigenvalue weighted by atomic mass is 79.9. The van der Waals surface area contributed by atoms with Gasteiger partial charge in [-0.05, 0) is 0 Å². The first-order chi connectivity index (χ1) is 3.50. The number of hydrogen-bond donors (Lipinski definition) is 0. The first kappa shape index (κ1) is 12.6. The second-order valence-electron chi connectivity index (χ2n) is 2.47. The molecule has 0 atom stereocenters.